The number of ether oxygens (including phenoxy) is 1. The summed E-state index contributed by atoms with van der Waals surface area (Å²) in [7, 11) is 0. The summed E-state index contributed by atoms with van der Waals surface area (Å²) in [6.45, 7) is -0.0117. The van der Waals surface area contributed by atoms with Gasteiger partial charge in [0.25, 0.3) is 11.8 Å². The van der Waals surface area contributed by atoms with Gasteiger partial charge in [0.15, 0.2) is 5.06 Å². The van der Waals surface area contributed by atoms with Crippen LogP contribution in [0.4, 0.5) is 0 Å². The van der Waals surface area contributed by atoms with Gasteiger partial charge in [0.2, 0.25) is 0 Å². The average molecular weight is 419 g/mol. The molecule has 3 rings (SSSR count). The molecule has 10 heteroatoms. The van der Waals surface area contributed by atoms with Gasteiger partial charge in [-0.15, -0.1) is 0 Å². The van der Waals surface area contributed by atoms with Crippen LogP contribution < -0.4 is 21.5 Å². The molecule has 0 radical (unpaired) electrons. The van der Waals surface area contributed by atoms with E-state index in [-0.39, 0.29) is 18.8 Å². The molecule has 28 heavy (non-hydrogen) atoms. The first-order valence-corrected chi connectivity index (χ1v) is 9.62. The predicted octanol–water partition coefficient (Wildman–Crippen LogP) is 1.26. The number of thiophene rings is 1. The standard InChI is InChI=1S/C18H18N4O4S2/c19-7-9-1-3-11-13(14(9)27)18(28-15(11)16(20)24)26-10-2-4-12(22-8-10)17(25)21-5-6-23/h2,4,7-8,23H,1,3,5-6,19H2,(H2,20,24)(H,21,25). The largest absolute Gasteiger partial charge is 0.444 e. The molecule has 0 spiro atoms. The van der Waals surface area contributed by atoms with Gasteiger partial charge in [0, 0.05) is 6.54 Å². The summed E-state index contributed by atoms with van der Waals surface area (Å²) >= 11 is 6.65. The number of allylic oxidation sites excluding steroid dienone is 1. The molecule has 0 fully saturated rings. The number of fused-ring (bicyclic) bond motifs is 1. The molecule has 0 saturated carbocycles. The molecule has 0 aromatic carbocycles. The first-order chi connectivity index (χ1) is 13.5. The summed E-state index contributed by atoms with van der Waals surface area (Å²) in [6.07, 6.45) is 4.10. The molecule has 6 N–H and O–H groups in total. The highest BCUT2D eigenvalue weighted by atomic mass is 32.1. The highest BCUT2D eigenvalue weighted by molar-refractivity contribution is 7.81. The molecule has 0 aliphatic heterocycles. The maximum absolute atomic E-state index is 11.8. The normalized spacial score (nSPS) is 14.6. The molecule has 2 aromatic heterocycles. The minimum absolute atomic E-state index is 0.143. The van der Waals surface area contributed by atoms with E-state index in [0.29, 0.717) is 39.0 Å². The van der Waals surface area contributed by atoms with E-state index >= 15 is 0 Å². The molecule has 0 saturated heterocycles. The van der Waals surface area contributed by atoms with E-state index in [1.165, 1.54) is 18.5 Å². The van der Waals surface area contributed by atoms with Crippen LogP contribution >= 0.6 is 23.6 Å². The molecule has 0 atom stereocenters. The third-order valence-corrected chi connectivity index (χ3v) is 5.73. The van der Waals surface area contributed by atoms with Gasteiger partial charge in [-0.05, 0) is 42.3 Å². The van der Waals surface area contributed by atoms with Crippen molar-refractivity contribution in [3.63, 3.8) is 0 Å². The van der Waals surface area contributed by atoms with Gasteiger partial charge in [0.1, 0.15) is 11.4 Å². The fourth-order valence-corrected chi connectivity index (χ4v) is 4.35. The Kier molecular flexibility index (Phi) is 6.02. The zero-order valence-electron chi connectivity index (χ0n) is 14.7. The van der Waals surface area contributed by atoms with E-state index in [1.54, 1.807) is 6.07 Å². The quantitative estimate of drug-likeness (QED) is 0.409. The van der Waals surface area contributed by atoms with Crippen molar-refractivity contribution in [2.24, 2.45) is 11.5 Å². The van der Waals surface area contributed by atoms with E-state index in [4.69, 9.17) is 33.5 Å². The number of nitrogens with one attached hydrogen (secondary N) is 1. The number of primary amides is 1. The summed E-state index contributed by atoms with van der Waals surface area (Å²) in [5, 5.41) is 11.7. The third-order valence-electron chi connectivity index (χ3n) is 4.14. The van der Waals surface area contributed by atoms with Crippen molar-refractivity contribution in [3.05, 3.63) is 51.8 Å². The summed E-state index contributed by atoms with van der Waals surface area (Å²) in [4.78, 5) is 28.7. The number of hydrogen-bond donors (Lipinski definition) is 4. The molecule has 0 unspecified atom stereocenters. The number of aliphatic hydroxyl groups is 1. The van der Waals surface area contributed by atoms with Crippen LogP contribution in [0.5, 0.6) is 10.8 Å². The number of nitrogens with zero attached hydrogens (tertiary/aromatic N) is 1. The van der Waals surface area contributed by atoms with Crippen LogP contribution in [0.1, 0.15) is 37.7 Å². The van der Waals surface area contributed by atoms with E-state index < -0.39 is 11.8 Å². The topological polar surface area (TPSA) is 141 Å². The molecular formula is C18H18N4O4S2. The van der Waals surface area contributed by atoms with Crippen molar-refractivity contribution in [2.75, 3.05) is 13.2 Å². The van der Waals surface area contributed by atoms with Crippen molar-refractivity contribution in [2.45, 2.75) is 12.8 Å². The molecule has 1 aliphatic rings. The highest BCUT2D eigenvalue weighted by Gasteiger charge is 2.30. The van der Waals surface area contributed by atoms with Gasteiger partial charge in [0.05, 0.1) is 28.1 Å². The first-order valence-electron chi connectivity index (χ1n) is 8.40. The first kappa shape index (κ1) is 19.9. The van der Waals surface area contributed by atoms with Crippen LogP contribution in [-0.4, -0.2) is 39.9 Å². The van der Waals surface area contributed by atoms with E-state index in [2.05, 4.69) is 10.3 Å². The lowest BCUT2D eigenvalue weighted by molar-refractivity contribution is 0.0939. The second kappa shape index (κ2) is 8.46. The zero-order chi connectivity index (χ0) is 20.3. The van der Waals surface area contributed by atoms with Gasteiger partial charge in [-0.25, -0.2) is 4.98 Å². The Labute approximate surface area is 170 Å². The minimum atomic E-state index is -0.534. The van der Waals surface area contributed by atoms with E-state index in [9.17, 15) is 9.59 Å². The lowest BCUT2D eigenvalue weighted by Gasteiger charge is -2.18. The van der Waals surface area contributed by atoms with Gasteiger partial charge < -0.3 is 26.6 Å². The number of hydrogen-bond acceptors (Lipinski definition) is 8. The van der Waals surface area contributed by atoms with E-state index in [0.717, 1.165) is 22.5 Å². The molecule has 146 valence electrons. The lowest BCUT2D eigenvalue weighted by atomic mass is 9.89. The van der Waals surface area contributed by atoms with E-state index in [1.807, 2.05) is 0 Å². The van der Waals surface area contributed by atoms with Crippen molar-refractivity contribution < 1.29 is 19.4 Å². The maximum Gasteiger partial charge on any atom is 0.269 e. The highest BCUT2D eigenvalue weighted by Crippen LogP contribution is 2.43. The van der Waals surface area contributed by atoms with Crippen molar-refractivity contribution >= 4 is 40.2 Å². The Morgan fingerprint density at radius 2 is 2.18 bits per heavy atom. The number of nitrogens with two attached hydrogens (primary N) is 2. The Hall–Kier alpha value is -2.82. The lowest BCUT2D eigenvalue weighted by Crippen LogP contribution is -2.27. The molecule has 0 bridgehead atoms. The molecule has 2 heterocycles. The maximum atomic E-state index is 11.8. The van der Waals surface area contributed by atoms with Crippen LogP contribution in [0.3, 0.4) is 0 Å². The Bertz CT molecular complexity index is 967. The summed E-state index contributed by atoms with van der Waals surface area (Å²) < 4.78 is 5.91. The number of rotatable bonds is 6. The second-order valence-electron chi connectivity index (χ2n) is 5.92. The van der Waals surface area contributed by atoms with Crippen molar-refractivity contribution in [3.8, 4) is 10.8 Å². The Balaban J connectivity index is 1.90. The van der Waals surface area contributed by atoms with Crippen LogP contribution in [0.2, 0.25) is 0 Å². The molecule has 2 aromatic rings. The number of aliphatic hydroxyl groups excluding tert-OH is 1. The number of carbonyl (C=O) groups is 2. The predicted molar refractivity (Wildman–Crippen MR) is 109 cm³/mol. The summed E-state index contributed by atoms with van der Waals surface area (Å²) in [6, 6.07) is 3.09. The number of thiocarbonyl (C=S) groups is 1. The Morgan fingerprint density at radius 3 is 2.79 bits per heavy atom. The molecular weight excluding hydrogens is 400 g/mol. The van der Waals surface area contributed by atoms with Crippen LogP contribution in [0, 0.1) is 0 Å². The monoisotopic (exact) mass is 418 g/mol. The van der Waals surface area contributed by atoms with Gasteiger partial charge in [-0.3, -0.25) is 9.59 Å². The Morgan fingerprint density at radius 1 is 1.39 bits per heavy atom. The number of carbonyl (C=O) groups excluding carboxylic acids is 2. The smallest absolute Gasteiger partial charge is 0.269 e. The van der Waals surface area contributed by atoms with Gasteiger partial charge >= 0.3 is 0 Å². The second-order valence-corrected chi connectivity index (χ2v) is 7.31. The fourth-order valence-electron chi connectivity index (χ4n) is 2.82. The molecule has 2 amide bonds. The number of aromatic nitrogens is 1. The van der Waals surface area contributed by atoms with Gasteiger partial charge in [-0.2, -0.15) is 0 Å². The summed E-state index contributed by atoms with van der Waals surface area (Å²) in [5.74, 6) is -0.553. The fraction of sp³-hybridized carbons (Fsp3) is 0.222. The van der Waals surface area contributed by atoms with Crippen LogP contribution in [0.25, 0.3) is 0 Å². The van der Waals surface area contributed by atoms with Crippen LogP contribution in [-0.2, 0) is 6.42 Å². The van der Waals surface area contributed by atoms with Crippen LogP contribution in [0.15, 0.2) is 30.1 Å². The number of pyridine rings is 1. The number of amides is 2. The molecule has 8 nitrogen and oxygen atoms in total. The average Bonchev–Trinajstić information content (AvgIpc) is 3.06. The molecule has 1 aliphatic carbocycles. The third kappa shape index (κ3) is 3.88. The van der Waals surface area contributed by atoms with Crippen molar-refractivity contribution in [1.82, 2.24) is 10.3 Å². The minimum Gasteiger partial charge on any atom is -0.444 e. The van der Waals surface area contributed by atoms with Crippen molar-refractivity contribution in [1.29, 1.82) is 0 Å². The SMILES string of the molecule is NC=C1CCc2c(C(N)=O)sc(Oc3ccc(C(=O)NCCO)nc3)c2C1=S. The summed E-state index contributed by atoms with van der Waals surface area (Å²) in [5.41, 5.74) is 13.6. The van der Waals surface area contributed by atoms with Gasteiger partial charge in [-0.1, -0.05) is 23.6 Å². The zero-order valence-corrected chi connectivity index (χ0v) is 16.4.